The van der Waals surface area contributed by atoms with Crippen LogP contribution >= 0.6 is 11.8 Å². The SMILES string of the molecule is Cc1ccc(SCC(=O)N(Cc2ccccc2C)[C@H](Cc2ccccc2)C(=O)NC(C)C)cc1. The quantitative estimate of drug-likeness (QED) is 0.391. The molecule has 1 atom stereocenters. The van der Waals surface area contributed by atoms with Crippen LogP contribution in [-0.2, 0) is 22.6 Å². The van der Waals surface area contributed by atoms with E-state index in [0.717, 1.165) is 21.6 Å². The van der Waals surface area contributed by atoms with Crippen LogP contribution in [0.5, 0.6) is 0 Å². The van der Waals surface area contributed by atoms with Crippen molar-refractivity contribution in [2.75, 3.05) is 5.75 Å². The molecule has 0 fully saturated rings. The highest BCUT2D eigenvalue weighted by atomic mass is 32.2. The number of aryl methyl sites for hydroxylation is 2. The van der Waals surface area contributed by atoms with Gasteiger partial charge >= 0.3 is 0 Å². The fourth-order valence-corrected chi connectivity index (χ4v) is 4.55. The Balaban J connectivity index is 1.91. The average Bonchev–Trinajstić information content (AvgIpc) is 2.82. The highest BCUT2D eigenvalue weighted by Gasteiger charge is 2.31. The molecule has 0 aromatic heterocycles. The topological polar surface area (TPSA) is 49.4 Å². The number of rotatable bonds is 10. The molecule has 3 aromatic carbocycles. The lowest BCUT2D eigenvalue weighted by Gasteiger charge is -2.32. The van der Waals surface area contributed by atoms with Crippen molar-refractivity contribution >= 4 is 23.6 Å². The van der Waals surface area contributed by atoms with E-state index in [9.17, 15) is 9.59 Å². The summed E-state index contributed by atoms with van der Waals surface area (Å²) in [5, 5.41) is 3.04. The molecule has 1 N–H and O–H groups in total. The molecule has 0 aliphatic carbocycles. The van der Waals surface area contributed by atoms with Crippen LogP contribution < -0.4 is 5.32 Å². The van der Waals surface area contributed by atoms with Crippen molar-refractivity contribution < 1.29 is 9.59 Å². The zero-order chi connectivity index (χ0) is 24.5. The number of benzene rings is 3. The third kappa shape index (κ3) is 7.49. The Morgan fingerprint density at radius 1 is 0.882 bits per heavy atom. The number of nitrogens with one attached hydrogen (secondary N) is 1. The second-order valence-corrected chi connectivity index (χ2v) is 9.97. The maximum atomic E-state index is 13.6. The third-order valence-electron chi connectivity index (χ3n) is 5.69. The molecular weight excluding hydrogens is 440 g/mol. The van der Waals surface area contributed by atoms with Gasteiger partial charge in [-0.1, -0.05) is 72.3 Å². The molecule has 0 heterocycles. The van der Waals surface area contributed by atoms with E-state index in [1.54, 1.807) is 4.90 Å². The van der Waals surface area contributed by atoms with E-state index >= 15 is 0 Å². The van der Waals surface area contributed by atoms with Gasteiger partial charge in [0.05, 0.1) is 5.75 Å². The second-order valence-electron chi connectivity index (χ2n) is 8.92. The Labute approximate surface area is 207 Å². The van der Waals surface area contributed by atoms with Crippen LogP contribution in [0.1, 0.15) is 36.1 Å². The number of thioether (sulfide) groups is 1. The predicted octanol–water partition coefficient (Wildman–Crippen LogP) is 5.56. The van der Waals surface area contributed by atoms with Gasteiger partial charge in [-0.3, -0.25) is 9.59 Å². The fraction of sp³-hybridized carbons (Fsp3) is 0.310. The van der Waals surface area contributed by atoms with Crippen molar-refractivity contribution in [3.05, 3.63) is 101 Å². The summed E-state index contributed by atoms with van der Waals surface area (Å²) in [6.07, 6.45) is 0.464. The van der Waals surface area contributed by atoms with E-state index in [4.69, 9.17) is 0 Å². The van der Waals surface area contributed by atoms with Crippen LogP contribution in [0.15, 0.2) is 83.8 Å². The first-order chi connectivity index (χ1) is 16.3. The van der Waals surface area contributed by atoms with Crippen molar-refractivity contribution in [1.29, 1.82) is 0 Å². The van der Waals surface area contributed by atoms with Gasteiger partial charge in [0.15, 0.2) is 0 Å². The minimum absolute atomic E-state index is 0.0110. The Kier molecular flexibility index (Phi) is 9.34. The molecule has 0 aliphatic rings. The van der Waals surface area contributed by atoms with Gasteiger partial charge in [-0.05, 0) is 56.5 Å². The lowest BCUT2D eigenvalue weighted by Crippen LogP contribution is -2.52. The molecule has 0 saturated carbocycles. The van der Waals surface area contributed by atoms with E-state index in [-0.39, 0.29) is 23.6 Å². The first-order valence-electron chi connectivity index (χ1n) is 11.7. The lowest BCUT2D eigenvalue weighted by molar-refractivity contribution is -0.139. The standard InChI is InChI=1S/C29H34N2O2S/c1-21(2)30-29(33)27(18-24-11-6-5-7-12-24)31(19-25-13-9-8-10-23(25)4)28(32)20-34-26-16-14-22(3)15-17-26/h5-17,21,27H,18-20H2,1-4H3,(H,30,33)/t27-/m1/s1. The summed E-state index contributed by atoms with van der Waals surface area (Å²) in [5.41, 5.74) is 4.37. The number of carbonyl (C=O) groups excluding carboxylic acids is 2. The van der Waals surface area contributed by atoms with Crippen LogP contribution in [-0.4, -0.2) is 34.6 Å². The van der Waals surface area contributed by atoms with Gasteiger partial charge in [0.1, 0.15) is 6.04 Å². The third-order valence-corrected chi connectivity index (χ3v) is 6.68. The van der Waals surface area contributed by atoms with Crippen molar-refractivity contribution in [2.45, 2.75) is 57.6 Å². The monoisotopic (exact) mass is 474 g/mol. The lowest BCUT2D eigenvalue weighted by atomic mass is 10.0. The fourth-order valence-electron chi connectivity index (χ4n) is 3.77. The van der Waals surface area contributed by atoms with Crippen molar-refractivity contribution in [3.8, 4) is 0 Å². The van der Waals surface area contributed by atoms with Crippen LogP contribution in [0.4, 0.5) is 0 Å². The molecule has 0 unspecified atom stereocenters. The predicted molar refractivity (Wildman–Crippen MR) is 141 cm³/mol. The average molecular weight is 475 g/mol. The van der Waals surface area contributed by atoms with E-state index in [0.29, 0.717) is 13.0 Å². The molecule has 4 nitrogen and oxygen atoms in total. The zero-order valence-corrected chi connectivity index (χ0v) is 21.3. The number of carbonyl (C=O) groups is 2. The molecule has 34 heavy (non-hydrogen) atoms. The van der Waals surface area contributed by atoms with Gasteiger partial charge in [0.25, 0.3) is 0 Å². The molecule has 0 bridgehead atoms. The van der Waals surface area contributed by atoms with Gasteiger partial charge in [0.2, 0.25) is 11.8 Å². The maximum Gasteiger partial charge on any atom is 0.243 e. The molecule has 5 heteroatoms. The van der Waals surface area contributed by atoms with Gasteiger partial charge in [-0.15, -0.1) is 11.8 Å². The molecule has 3 rings (SSSR count). The number of amides is 2. The van der Waals surface area contributed by atoms with Crippen LogP contribution in [0.2, 0.25) is 0 Å². The molecular formula is C29H34N2O2S. The largest absolute Gasteiger partial charge is 0.352 e. The normalized spacial score (nSPS) is 11.8. The summed E-state index contributed by atoms with van der Waals surface area (Å²) in [6, 6.07) is 25.5. The zero-order valence-electron chi connectivity index (χ0n) is 20.5. The molecule has 178 valence electrons. The Morgan fingerprint density at radius 2 is 1.53 bits per heavy atom. The van der Waals surface area contributed by atoms with E-state index in [2.05, 4.69) is 5.32 Å². The van der Waals surface area contributed by atoms with Crippen molar-refractivity contribution in [2.24, 2.45) is 0 Å². The molecule has 0 saturated heterocycles. The summed E-state index contributed by atoms with van der Waals surface area (Å²) in [5.74, 6) is 0.102. The number of hydrogen-bond acceptors (Lipinski definition) is 3. The van der Waals surface area contributed by atoms with E-state index in [1.807, 2.05) is 107 Å². The Hall–Kier alpha value is -3.05. The molecule has 0 radical (unpaired) electrons. The minimum atomic E-state index is -0.601. The van der Waals surface area contributed by atoms with Crippen LogP contribution in [0, 0.1) is 13.8 Å². The van der Waals surface area contributed by atoms with E-state index in [1.165, 1.54) is 17.3 Å². The Morgan fingerprint density at radius 3 is 2.18 bits per heavy atom. The Bertz CT molecular complexity index is 1080. The number of hydrogen-bond donors (Lipinski definition) is 1. The maximum absolute atomic E-state index is 13.6. The van der Waals surface area contributed by atoms with Crippen molar-refractivity contribution in [3.63, 3.8) is 0 Å². The minimum Gasteiger partial charge on any atom is -0.352 e. The number of nitrogens with zero attached hydrogens (tertiary/aromatic N) is 1. The van der Waals surface area contributed by atoms with Gasteiger partial charge in [-0.2, -0.15) is 0 Å². The first-order valence-corrected chi connectivity index (χ1v) is 12.7. The summed E-state index contributed by atoms with van der Waals surface area (Å²) in [6.45, 7) is 8.36. The smallest absolute Gasteiger partial charge is 0.243 e. The molecule has 2 amide bonds. The summed E-state index contributed by atoms with van der Waals surface area (Å²) in [7, 11) is 0. The van der Waals surface area contributed by atoms with Gasteiger partial charge in [0, 0.05) is 23.9 Å². The molecule has 0 spiro atoms. The molecule has 0 aliphatic heterocycles. The first kappa shape index (κ1) is 25.6. The van der Waals surface area contributed by atoms with Crippen LogP contribution in [0.25, 0.3) is 0 Å². The van der Waals surface area contributed by atoms with Crippen LogP contribution in [0.3, 0.4) is 0 Å². The van der Waals surface area contributed by atoms with Gasteiger partial charge in [-0.25, -0.2) is 0 Å². The summed E-state index contributed by atoms with van der Waals surface area (Å²) < 4.78 is 0. The molecule has 3 aromatic rings. The highest BCUT2D eigenvalue weighted by molar-refractivity contribution is 8.00. The van der Waals surface area contributed by atoms with E-state index < -0.39 is 6.04 Å². The summed E-state index contributed by atoms with van der Waals surface area (Å²) >= 11 is 1.51. The van der Waals surface area contributed by atoms with Gasteiger partial charge < -0.3 is 10.2 Å². The summed E-state index contributed by atoms with van der Waals surface area (Å²) in [4.78, 5) is 29.8. The highest BCUT2D eigenvalue weighted by Crippen LogP contribution is 2.22. The second kappa shape index (κ2) is 12.4. The van der Waals surface area contributed by atoms with Crippen molar-refractivity contribution in [1.82, 2.24) is 10.2 Å².